The number of carbonyl (C=O) groups excluding carboxylic acids is 1. The Morgan fingerprint density at radius 3 is 2.48 bits per heavy atom. The molecule has 0 saturated carbocycles. The van der Waals surface area contributed by atoms with Gasteiger partial charge in [0.05, 0.1) is 0 Å². The van der Waals surface area contributed by atoms with Crippen molar-refractivity contribution in [2.45, 2.75) is 13.5 Å². The molecule has 3 heterocycles. The molecule has 172 valence electrons. The lowest BCUT2D eigenvalue weighted by Crippen LogP contribution is -2.49. The predicted molar refractivity (Wildman–Crippen MR) is 120 cm³/mol. The van der Waals surface area contributed by atoms with Crippen LogP contribution in [0.25, 0.3) is 0 Å². The number of amides is 1. The molecule has 2 aromatic heterocycles. The van der Waals surface area contributed by atoms with Crippen LogP contribution in [0, 0.1) is 12.7 Å². The van der Waals surface area contributed by atoms with Gasteiger partial charge in [-0.3, -0.25) is 14.2 Å². The van der Waals surface area contributed by atoms with Crippen LogP contribution in [-0.4, -0.2) is 56.7 Å². The van der Waals surface area contributed by atoms with E-state index in [0.29, 0.717) is 43.3 Å². The highest BCUT2D eigenvalue weighted by Crippen LogP contribution is 2.19. The van der Waals surface area contributed by atoms with Gasteiger partial charge in [-0.05, 0) is 30.2 Å². The van der Waals surface area contributed by atoms with E-state index in [1.165, 1.54) is 17.7 Å². The number of aryl methyl sites for hydroxylation is 1. The predicted octanol–water partition coefficient (Wildman–Crippen LogP) is 0.980. The Bertz CT molecular complexity index is 1220. The van der Waals surface area contributed by atoms with E-state index in [-0.39, 0.29) is 24.0 Å². The minimum Gasteiger partial charge on any atom is -0.501 e. The van der Waals surface area contributed by atoms with Gasteiger partial charge in [-0.15, -0.1) is 0 Å². The number of nitrogens with one attached hydrogen (secondary N) is 1. The van der Waals surface area contributed by atoms with Gasteiger partial charge in [-0.1, -0.05) is 12.1 Å². The highest BCUT2D eigenvalue weighted by Gasteiger charge is 2.26. The van der Waals surface area contributed by atoms with Crippen molar-refractivity contribution < 1.29 is 14.3 Å². The van der Waals surface area contributed by atoms with Crippen LogP contribution in [-0.2, 0) is 13.6 Å². The van der Waals surface area contributed by atoms with E-state index < -0.39 is 17.2 Å². The minimum absolute atomic E-state index is 0.0986. The van der Waals surface area contributed by atoms with E-state index in [0.717, 1.165) is 0 Å². The standard InChI is InChI=1S/C22H24FN7O3/c1-14-12-15(4-5-16(14)23)13-26-19(32)17-18(31)20(33)28(2)22(27-17)30-10-8-29(9-11-30)21-24-6-3-7-25-21/h3-7,12,31H,8-11,13H2,1-2H3,(H,26,32). The maximum atomic E-state index is 13.5. The number of hydrogen-bond acceptors (Lipinski definition) is 8. The van der Waals surface area contributed by atoms with Crippen LogP contribution in [0.5, 0.6) is 5.75 Å². The van der Waals surface area contributed by atoms with Crippen molar-refractivity contribution in [1.29, 1.82) is 0 Å². The zero-order valence-electron chi connectivity index (χ0n) is 18.3. The maximum absolute atomic E-state index is 13.5. The molecule has 1 aliphatic heterocycles. The third-order valence-electron chi connectivity index (χ3n) is 5.53. The number of hydrogen-bond donors (Lipinski definition) is 2. The summed E-state index contributed by atoms with van der Waals surface area (Å²) in [6, 6.07) is 6.25. The Morgan fingerprint density at radius 1 is 1.15 bits per heavy atom. The number of aromatic hydroxyl groups is 1. The molecule has 0 spiro atoms. The van der Waals surface area contributed by atoms with Gasteiger partial charge >= 0.3 is 0 Å². The second-order valence-corrected chi connectivity index (χ2v) is 7.76. The fourth-order valence-electron chi connectivity index (χ4n) is 3.66. The lowest BCUT2D eigenvalue weighted by atomic mass is 10.1. The van der Waals surface area contributed by atoms with Crippen molar-refractivity contribution in [3.63, 3.8) is 0 Å². The zero-order valence-corrected chi connectivity index (χ0v) is 18.3. The van der Waals surface area contributed by atoms with Crippen LogP contribution in [0.15, 0.2) is 41.5 Å². The van der Waals surface area contributed by atoms with E-state index in [2.05, 4.69) is 20.3 Å². The van der Waals surface area contributed by atoms with E-state index in [1.807, 2.05) is 9.80 Å². The summed E-state index contributed by atoms with van der Waals surface area (Å²) < 4.78 is 14.7. The Morgan fingerprint density at radius 2 is 1.82 bits per heavy atom. The number of rotatable bonds is 5. The number of halogens is 1. The molecule has 0 atom stereocenters. The van der Waals surface area contributed by atoms with E-state index >= 15 is 0 Å². The molecule has 11 heteroatoms. The van der Waals surface area contributed by atoms with Gasteiger partial charge in [0, 0.05) is 52.2 Å². The summed E-state index contributed by atoms with van der Waals surface area (Å²) in [5, 5.41) is 12.9. The molecule has 0 unspecified atom stereocenters. The summed E-state index contributed by atoms with van der Waals surface area (Å²) in [6.07, 6.45) is 3.36. The van der Waals surface area contributed by atoms with Gasteiger partial charge in [-0.25, -0.2) is 19.3 Å². The van der Waals surface area contributed by atoms with Gasteiger partial charge in [0.25, 0.3) is 11.5 Å². The molecule has 0 radical (unpaired) electrons. The SMILES string of the molecule is Cc1cc(CNC(=O)c2nc(N3CCN(c4ncccn4)CC3)n(C)c(=O)c2O)ccc1F. The Hall–Kier alpha value is -4.02. The van der Waals surface area contributed by atoms with Crippen molar-refractivity contribution in [2.75, 3.05) is 36.0 Å². The van der Waals surface area contributed by atoms with Gasteiger partial charge in [0.2, 0.25) is 17.6 Å². The first-order valence-corrected chi connectivity index (χ1v) is 10.5. The van der Waals surface area contributed by atoms with E-state index in [9.17, 15) is 19.1 Å². The minimum atomic E-state index is -0.717. The molecular formula is C22H24FN7O3. The molecule has 1 aliphatic rings. The number of anilines is 2. The van der Waals surface area contributed by atoms with Gasteiger partial charge in [0.1, 0.15) is 5.82 Å². The number of carbonyl (C=O) groups is 1. The summed E-state index contributed by atoms with van der Waals surface area (Å²) in [7, 11) is 1.50. The monoisotopic (exact) mass is 453 g/mol. The van der Waals surface area contributed by atoms with Crippen molar-refractivity contribution in [3.8, 4) is 5.75 Å². The Labute approximate surface area is 189 Å². The summed E-state index contributed by atoms with van der Waals surface area (Å²) >= 11 is 0. The molecule has 33 heavy (non-hydrogen) atoms. The quantitative estimate of drug-likeness (QED) is 0.587. The first-order chi connectivity index (χ1) is 15.8. The molecule has 0 aliphatic carbocycles. The van der Waals surface area contributed by atoms with Crippen LogP contribution in [0.4, 0.5) is 16.3 Å². The van der Waals surface area contributed by atoms with Crippen LogP contribution in [0.2, 0.25) is 0 Å². The van der Waals surface area contributed by atoms with Crippen molar-refractivity contribution in [1.82, 2.24) is 24.8 Å². The second-order valence-electron chi connectivity index (χ2n) is 7.76. The topological polar surface area (TPSA) is 116 Å². The Kier molecular flexibility index (Phi) is 6.20. The molecule has 1 saturated heterocycles. The number of aromatic nitrogens is 4. The molecular weight excluding hydrogens is 429 g/mol. The fourth-order valence-corrected chi connectivity index (χ4v) is 3.66. The molecule has 10 nitrogen and oxygen atoms in total. The normalized spacial score (nSPS) is 13.8. The number of piperazine rings is 1. The van der Waals surface area contributed by atoms with E-state index in [4.69, 9.17) is 0 Å². The van der Waals surface area contributed by atoms with Crippen molar-refractivity contribution >= 4 is 17.8 Å². The third-order valence-corrected chi connectivity index (χ3v) is 5.53. The number of nitrogens with zero attached hydrogens (tertiary/aromatic N) is 6. The Balaban J connectivity index is 1.51. The number of benzene rings is 1. The first kappa shape index (κ1) is 22.2. The van der Waals surface area contributed by atoms with Crippen LogP contribution in [0.3, 0.4) is 0 Å². The molecule has 0 bridgehead atoms. The highest BCUT2D eigenvalue weighted by molar-refractivity contribution is 5.95. The molecule has 1 amide bonds. The van der Waals surface area contributed by atoms with Crippen LogP contribution in [0.1, 0.15) is 21.6 Å². The van der Waals surface area contributed by atoms with E-state index in [1.54, 1.807) is 37.5 Å². The lowest BCUT2D eigenvalue weighted by molar-refractivity contribution is 0.0942. The van der Waals surface area contributed by atoms with Crippen LogP contribution >= 0.6 is 0 Å². The molecule has 2 N–H and O–H groups in total. The maximum Gasteiger partial charge on any atom is 0.297 e. The average molecular weight is 453 g/mol. The summed E-state index contributed by atoms with van der Waals surface area (Å²) in [6.45, 7) is 3.99. The lowest BCUT2D eigenvalue weighted by Gasteiger charge is -2.35. The van der Waals surface area contributed by atoms with Gasteiger partial charge < -0.3 is 20.2 Å². The van der Waals surface area contributed by atoms with Crippen LogP contribution < -0.4 is 20.7 Å². The molecule has 1 fully saturated rings. The van der Waals surface area contributed by atoms with Crippen molar-refractivity contribution in [3.05, 3.63) is 69.7 Å². The van der Waals surface area contributed by atoms with Gasteiger partial charge in [-0.2, -0.15) is 0 Å². The average Bonchev–Trinajstić information content (AvgIpc) is 2.84. The summed E-state index contributed by atoms with van der Waals surface area (Å²) in [5.74, 6) is -0.829. The summed E-state index contributed by atoms with van der Waals surface area (Å²) in [5.41, 5.74) is 0.0843. The van der Waals surface area contributed by atoms with Crippen molar-refractivity contribution in [2.24, 2.45) is 7.05 Å². The first-order valence-electron chi connectivity index (χ1n) is 10.5. The summed E-state index contributed by atoms with van der Waals surface area (Å²) in [4.78, 5) is 42.0. The van der Waals surface area contributed by atoms with Gasteiger partial charge in [0.15, 0.2) is 5.69 Å². The molecule has 4 rings (SSSR count). The highest BCUT2D eigenvalue weighted by atomic mass is 19.1. The second kappa shape index (κ2) is 9.23. The molecule has 1 aromatic carbocycles. The fraction of sp³-hybridized carbons (Fsp3) is 0.318. The largest absolute Gasteiger partial charge is 0.501 e. The third kappa shape index (κ3) is 4.61. The molecule has 3 aromatic rings. The zero-order chi connectivity index (χ0) is 23.5. The smallest absolute Gasteiger partial charge is 0.297 e.